The van der Waals surface area contributed by atoms with E-state index in [1.54, 1.807) is 14.2 Å². The molecule has 0 bridgehead atoms. The normalized spacial score (nSPS) is 11.8. The van der Waals surface area contributed by atoms with Gasteiger partial charge in [0.2, 0.25) is 0 Å². The van der Waals surface area contributed by atoms with E-state index in [1.807, 2.05) is 42.5 Å². The number of rotatable bonds is 11. The molecular weight excluding hydrogens is 1560 g/mol. The third-order valence-corrected chi connectivity index (χ3v) is 26.7. The minimum atomic E-state index is -0.259. The molecule has 0 N–H and O–H groups in total. The Morgan fingerprint density at radius 3 is 0.648 bits per heavy atom. The van der Waals surface area contributed by atoms with Gasteiger partial charge in [0.05, 0.1) is 14.2 Å². The van der Waals surface area contributed by atoms with Crippen molar-refractivity contribution in [2.45, 2.75) is 0 Å². The van der Waals surface area contributed by atoms with Gasteiger partial charge in [0, 0.05) is 0 Å². The van der Waals surface area contributed by atoms with Crippen molar-refractivity contribution in [3.05, 3.63) is 448 Å². The first kappa shape index (κ1) is 75.4. The number of hydrogen-bond acceptors (Lipinski definition) is 2. The van der Waals surface area contributed by atoms with Crippen LogP contribution in [0, 0.1) is 11.6 Å². The number of benzene rings is 23. The molecule has 0 amide bonds. The van der Waals surface area contributed by atoms with Crippen LogP contribution in [0.3, 0.4) is 0 Å². The molecule has 0 radical (unpaired) electrons. The first-order valence-corrected chi connectivity index (χ1v) is 43.7. The Morgan fingerprint density at radius 1 is 0.148 bits per heavy atom. The van der Waals surface area contributed by atoms with Crippen LogP contribution >= 0.6 is 0 Å². The minimum absolute atomic E-state index is 0.259. The molecule has 600 valence electrons. The van der Waals surface area contributed by atoms with Crippen LogP contribution < -0.4 is 9.47 Å². The van der Waals surface area contributed by atoms with Crippen molar-refractivity contribution >= 4 is 86.2 Å². The molecule has 0 aromatic heterocycles. The fourth-order valence-electron chi connectivity index (χ4n) is 21.2. The molecule has 0 unspecified atom stereocenters. The quantitative estimate of drug-likeness (QED) is 0.128. The Bertz CT molecular complexity index is 8140. The molecule has 2 nitrogen and oxygen atoms in total. The van der Waals surface area contributed by atoms with E-state index < -0.39 is 0 Å². The van der Waals surface area contributed by atoms with Gasteiger partial charge in [0.25, 0.3) is 0 Å². The number of hydrogen-bond donors (Lipinski definition) is 0. The number of methoxy groups -OCH3 is 2. The van der Waals surface area contributed by atoms with E-state index in [9.17, 15) is 8.78 Å². The number of fused-ring (bicyclic) bond motifs is 14. The van der Waals surface area contributed by atoms with Crippen LogP contribution in [0.2, 0.25) is 0 Å². The van der Waals surface area contributed by atoms with Crippen molar-refractivity contribution in [2.75, 3.05) is 14.2 Å². The second kappa shape index (κ2) is 30.8. The fourth-order valence-corrected chi connectivity index (χ4v) is 21.2. The van der Waals surface area contributed by atoms with E-state index in [4.69, 9.17) is 9.47 Å². The molecule has 26 rings (SSSR count). The molecule has 0 spiro atoms. The van der Waals surface area contributed by atoms with Gasteiger partial charge in [0.15, 0.2) is 0 Å². The largest absolute Gasteiger partial charge is 0.497 e. The van der Waals surface area contributed by atoms with E-state index in [-0.39, 0.29) is 11.6 Å². The minimum Gasteiger partial charge on any atom is -0.497 e. The Labute approximate surface area is 740 Å². The van der Waals surface area contributed by atoms with Crippen molar-refractivity contribution in [3.8, 4) is 178 Å². The van der Waals surface area contributed by atoms with Crippen LogP contribution in [-0.4, -0.2) is 14.2 Å². The highest BCUT2D eigenvalue weighted by Gasteiger charge is 2.36. The molecule has 0 saturated heterocycles. The highest BCUT2D eigenvalue weighted by Crippen LogP contribution is 2.63. The zero-order valence-corrected chi connectivity index (χ0v) is 70.1. The maximum absolute atomic E-state index is 14.1. The summed E-state index contributed by atoms with van der Waals surface area (Å²) in [4.78, 5) is 0. The first-order valence-electron chi connectivity index (χ1n) is 43.7. The van der Waals surface area contributed by atoms with Crippen LogP contribution in [0.15, 0.2) is 437 Å². The molecule has 0 heterocycles. The molecule has 0 fully saturated rings. The second-order valence-corrected chi connectivity index (χ2v) is 33.5. The summed E-state index contributed by atoms with van der Waals surface area (Å²) in [5.74, 6) is 1.19. The summed E-state index contributed by atoms with van der Waals surface area (Å²) in [5, 5.41) is 19.9. The summed E-state index contributed by atoms with van der Waals surface area (Å²) in [5.41, 5.74) is 36.5. The SMILES string of the molecule is COc1ccc(-c2c3c(c(-c4ccc(OC)cc4)c4ccccc24)-c2ccc(-c4ccccc4)c4cccc-3c24)cc1.Fc1ccc(-c2c3c(c(-c4ccc(F)cc4)c4ccccc24)-c2ccc(-c4ccccc4)c4cccc-3c24)cc1.c1ccc(-c2ccc3c4c(cccc24)-c2c-3c(-c3ccc4ccccc4c3)c3ccccc3c2-c2ccc3ccccc3c2)cc1. The molecule has 128 heavy (non-hydrogen) atoms. The third-order valence-electron chi connectivity index (χ3n) is 26.7. The van der Waals surface area contributed by atoms with Gasteiger partial charge in [-0.1, -0.05) is 376 Å². The van der Waals surface area contributed by atoms with E-state index in [0.29, 0.717) is 0 Å². The van der Waals surface area contributed by atoms with E-state index in [2.05, 4.69) is 370 Å². The Balaban J connectivity index is 0.000000107. The van der Waals surface area contributed by atoms with E-state index >= 15 is 0 Å². The summed E-state index contributed by atoms with van der Waals surface area (Å²) in [6, 6.07) is 154. The van der Waals surface area contributed by atoms with Gasteiger partial charge in [-0.05, 0) is 314 Å². The lowest BCUT2D eigenvalue weighted by atomic mass is 9.82. The topological polar surface area (TPSA) is 18.5 Å². The van der Waals surface area contributed by atoms with Gasteiger partial charge in [-0.2, -0.15) is 0 Å². The summed E-state index contributed by atoms with van der Waals surface area (Å²) >= 11 is 0. The molecule has 4 heteroatoms. The summed E-state index contributed by atoms with van der Waals surface area (Å²) in [6.07, 6.45) is 0. The third kappa shape index (κ3) is 12.2. The van der Waals surface area contributed by atoms with Crippen LogP contribution in [0.4, 0.5) is 8.78 Å². The Morgan fingerprint density at radius 2 is 0.367 bits per heavy atom. The van der Waals surface area contributed by atoms with Gasteiger partial charge in [0.1, 0.15) is 23.1 Å². The van der Waals surface area contributed by atoms with E-state index in [0.717, 1.165) is 66.8 Å². The lowest BCUT2D eigenvalue weighted by Gasteiger charge is -2.21. The zero-order valence-electron chi connectivity index (χ0n) is 70.1. The monoisotopic (exact) mass is 1640 g/mol. The van der Waals surface area contributed by atoms with Crippen molar-refractivity contribution in [3.63, 3.8) is 0 Å². The average molecular weight is 1640 g/mol. The smallest absolute Gasteiger partial charge is 0.123 e. The fraction of sp³-hybridized carbons (Fsp3) is 0.0161. The average Bonchev–Trinajstić information content (AvgIpc) is 1.55. The molecule has 23 aromatic rings. The molecular formula is C124H78F2O2. The van der Waals surface area contributed by atoms with E-state index in [1.165, 1.54) is 222 Å². The summed E-state index contributed by atoms with van der Waals surface area (Å²) in [7, 11) is 3.43. The Kier molecular flexibility index (Phi) is 18.1. The predicted octanol–water partition coefficient (Wildman–Crippen LogP) is 34.5. The molecule has 0 aliphatic heterocycles. The van der Waals surface area contributed by atoms with Gasteiger partial charge >= 0.3 is 0 Å². The molecule has 0 atom stereocenters. The molecule has 0 saturated carbocycles. The first-order chi connectivity index (χ1) is 63.3. The van der Waals surface area contributed by atoms with Gasteiger partial charge < -0.3 is 9.47 Å². The lowest BCUT2D eigenvalue weighted by Crippen LogP contribution is -1.94. The molecule has 23 aromatic carbocycles. The lowest BCUT2D eigenvalue weighted by molar-refractivity contribution is 0.415. The second-order valence-electron chi connectivity index (χ2n) is 33.5. The van der Waals surface area contributed by atoms with Gasteiger partial charge in [-0.3, -0.25) is 0 Å². The van der Waals surface area contributed by atoms with Gasteiger partial charge in [-0.25, -0.2) is 8.78 Å². The summed E-state index contributed by atoms with van der Waals surface area (Å²) < 4.78 is 39.2. The Hall–Kier alpha value is -16.4. The maximum atomic E-state index is 14.1. The molecule has 3 aliphatic carbocycles. The van der Waals surface area contributed by atoms with Crippen molar-refractivity contribution in [2.24, 2.45) is 0 Å². The van der Waals surface area contributed by atoms with Crippen LogP contribution in [-0.2, 0) is 0 Å². The standard InChI is InChI=1S/C46H28.C40H28O2.C38H22F2/c1-2-13-31(14-3-1)36-25-26-41-44-37(36)19-10-20-40(44)45-42(34-23-21-29-11-4-6-15-32(29)27-34)38-17-8-9-18-39(38)43(46(41)45)35-24-22-30-12-5-7-16-33(30)28-35;1-41-28-19-15-26(16-20-28)36-32-11-6-7-12-33(32)37(27-17-21-29(42-2)22-18-27)40-35-24-23-30(25-9-4-3-5-10-25)31-13-8-14-34(38(31)35)39(36)40;39-26-17-13-24(14-18-26)34-30-9-4-5-10-31(30)35(25-15-19-27(40)20-16-25)38-33-22-21-28(23-7-2-1-3-8-23)29-11-6-12-32(36(29)33)37(34)38/h1-28H;3-24H,1-2H3;1-22H. The van der Waals surface area contributed by atoms with Crippen LogP contribution in [0.25, 0.3) is 253 Å². The van der Waals surface area contributed by atoms with Crippen molar-refractivity contribution in [1.29, 1.82) is 0 Å². The zero-order chi connectivity index (χ0) is 85.2. The van der Waals surface area contributed by atoms with Crippen LogP contribution in [0.1, 0.15) is 0 Å². The van der Waals surface area contributed by atoms with Gasteiger partial charge in [-0.15, -0.1) is 0 Å². The number of halogens is 2. The summed E-state index contributed by atoms with van der Waals surface area (Å²) in [6.45, 7) is 0. The maximum Gasteiger partial charge on any atom is 0.123 e. The van der Waals surface area contributed by atoms with Crippen molar-refractivity contribution < 1.29 is 18.3 Å². The van der Waals surface area contributed by atoms with Crippen LogP contribution in [0.5, 0.6) is 11.5 Å². The number of ether oxygens (including phenoxy) is 2. The van der Waals surface area contributed by atoms with Crippen molar-refractivity contribution in [1.82, 2.24) is 0 Å². The predicted molar refractivity (Wildman–Crippen MR) is 535 cm³/mol. The highest BCUT2D eigenvalue weighted by molar-refractivity contribution is 6.33. The highest BCUT2D eigenvalue weighted by atomic mass is 19.1. The molecule has 3 aliphatic rings.